The van der Waals surface area contributed by atoms with Crippen LogP contribution in [0.25, 0.3) is 0 Å². The maximum absolute atomic E-state index is 9.43. The van der Waals surface area contributed by atoms with Crippen LogP contribution in [0.4, 0.5) is 0 Å². The summed E-state index contributed by atoms with van der Waals surface area (Å²) in [4.78, 5) is 0. The van der Waals surface area contributed by atoms with E-state index in [0.717, 1.165) is 29.7 Å². The van der Waals surface area contributed by atoms with Crippen molar-refractivity contribution in [2.75, 3.05) is 0 Å². The number of phenolic OH excluding ortho intramolecular Hbond substituents is 1. The lowest BCUT2D eigenvalue weighted by Gasteiger charge is -2.22. The summed E-state index contributed by atoms with van der Waals surface area (Å²) in [5, 5.41) is 16.0. The van der Waals surface area contributed by atoms with Crippen LogP contribution in [0.5, 0.6) is 5.75 Å². The van der Waals surface area contributed by atoms with Gasteiger partial charge in [-0.05, 0) is 59.6 Å². The van der Waals surface area contributed by atoms with Crippen LogP contribution < -0.4 is 5.73 Å². The van der Waals surface area contributed by atoms with Crippen LogP contribution in [-0.2, 0) is 6.42 Å². The quantitative estimate of drug-likeness (QED) is 0.850. The Bertz CT molecular complexity index is 738. The molecule has 0 radical (unpaired) electrons. The van der Waals surface area contributed by atoms with Crippen LogP contribution in [-0.4, -0.2) is 20.9 Å². The first kappa shape index (κ1) is 15.5. The number of hydrogen-bond donors (Lipinski definition) is 2. The molecule has 1 aliphatic heterocycles. The van der Waals surface area contributed by atoms with Crippen molar-refractivity contribution in [3.05, 3.63) is 65.2 Å². The Hall–Kier alpha value is -2.40. The molecule has 1 unspecified atom stereocenters. The van der Waals surface area contributed by atoms with Gasteiger partial charge in [0, 0.05) is 6.42 Å². The third-order valence-electron chi connectivity index (χ3n) is 4.11. The molecule has 0 aromatic heterocycles. The van der Waals surface area contributed by atoms with Crippen LogP contribution in [0.15, 0.2) is 53.6 Å². The Morgan fingerprint density at radius 3 is 2.43 bits per heavy atom. The molecule has 3 rings (SSSR count). The first-order chi connectivity index (χ1) is 11.1. The van der Waals surface area contributed by atoms with Crippen molar-refractivity contribution >= 4 is 23.0 Å². The number of thiocarbonyl (C=S) groups is 1. The zero-order valence-corrected chi connectivity index (χ0v) is 13.8. The van der Waals surface area contributed by atoms with Crippen LogP contribution >= 0.6 is 12.2 Å². The van der Waals surface area contributed by atoms with E-state index in [2.05, 4.69) is 36.3 Å². The molecule has 4 nitrogen and oxygen atoms in total. The second-order valence-electron chi connectivity index (χ2n) is 5.59. The van der Waals surface area contributed by atoms with Gasteiger partial charge in [-0.15, -0.1) is 0 Å². The molecule has 5 heteroatoms. The third kappa shape index (κ3) is 3.19. The van der Waals surface area contributed by atoms with E-state index in [1.807, 2.05) is 12.1 Å². The largest absolute Gasteiger partial charge is 0.508 e. The standard InChI is InChI=1S/C18H19N3OS/c1-2-12-3-5-14(6-4-12)17-11-16(20-21(17)18(19)23)13-7-9-15(22)10-8-13/h3-10,17,22H,2,11H2,1H3,(H2,19,23). The predicted octanol–water partition coefficient (Wildman–Crippen LogP) is 3.35. The minimum absolute atomic E-state index is 0.0159. The van der Waals surface area contributed by atoms with E-state index in [9.17, 15) is 5.11 Å². The minimum atomic E-state index is 0.0159. The molecule has 0 saturated carbocycles. The number of hydrazone groups is 1. The van der Waals surface area contributed by atoms with E-state index < -0.39 is 0 Å². The van der Waals surface area contributed by atoms with Gasteiger partial charge in [-0.25, -0.2) is 5.01 Å². The van der Waals surface area contributed by atoms with Gasteiger partial charge in [-0.2, -0.15) is 5.10 Å². The molecule has 1 heterocycles. The summed E-state index contributed by atoms with van der Waals surface area (Å²) in [6.07, 6.45) is 1.74. The first-order valence-electron chi connectivity index (χ1n) is 7.63. The Balaban J connectivity index is 1.90. The molecule has 0 spiro atoms. The number of rotatable bonds is 3. The third-order valence-corrected chi connectivity index (χ3v) is 4.30. The highest BCUT2D eigenvalue weighted by molar-refractivity contribution is 7.80. The summed E-state index contributed by atoms with van der Waals surface area (Å²) in [5.41, 5.74) is 10.2. The summed E-state index contributed by atoms with van der Waals surface area (Å²) < 4.78 is 0. The van der Waals surface area contributed by atoms with Crippen molar-refractivity contribution in [1.29, 1.82) is 0 Å². The fourth-order valence-corrected chi connectivity index (χ4v) is 2.95. The SMILES string of the molecule is CCc1ccc(C2CC(c3ccc(O)cc3)=NN2C(N)=S)cc1. The zero-order chi connectivity index (χ0) is 16.4. The molecule has 1 aliphatic rings. The molecule has 0 aliphatic carbocycles. The molecule has 3 N–H and O–H groups in total. The van der Waals surface area contributed by atoms with Crippen molar-refractivity contribution in [2.45, 2.75) is 25.8 Å². The van der Waals surface area contributed by atoms with Crippen LogP contribution in [0.2, 0.25) is 0 Å². The normalized spacial score (nSPS) is 17.2. The number of hydrogen-bond acceptors (Lipinski definition) is 3. The second-order valence-corrected chi connectivity index (χ2v) is 6.01. The molecule has 23 heavy (non-hydrogen) atoms. The highest BCUT2D eigenvalue weighted by Crippen LogP contribution is 2.33. The van der Waals surface area contributed by atoms with Crippen LogP contribution in [0, 0.1) is 0 Å². The highest BCUT2D eigenvalue weighted by atomic mass is 32.1. The van der Waals surface area contributed by atoms with E-state index in [4.69, 9.17) is 18.0 Å². The number of nitrogens with two attached hydrogens (primary N) is 1. The molecule has 1 atom stereocenters. The van der Waals surface area contributed by atoms with Gasteiger partial charge < -0.3 is 10.8 Å². The van der Waals surface area contributed by atoms with E-state index >= 15 is 0 Å². The first-order valence-corrected chi connectivity index (χ1v) is 8.03. The summed E-state index contributed by atoms with van der Waals surface area (Å²) in [6, 6.07) is 15.5. The molecule has 0 fully saturated rings. The fourth-order valence-electron chi connectivity index (χ4n) is 2.78. The summed E-state index contributed by atoms with van der Waals surface area (Å²) in [6.45, 7) is 2.14. The smallest absolute Gasteiger partial charge is 0.187 e. The molecule has 0 bridgehead atoms. The van der Waals surface area contributed by atoms with Crippen molar-refractivity contribution < 1.29 is 5.11 Å². The van der Waals surface area contributed by atoms with Crippen molar-refractivity contribution in [3.63, 3.8) is 0 Å². The molecule has 2 aromatic rings. The molecular weight excluding hydrogens is 306 g/mol. The minimum Gasteiger partial charge on any atom is -0.508 e. The zero-order valence-electron chi connectivity index (χ0n) is 12.9. The van der Waals surface area contributed by atoms with E-state index in [-0.39, 0.29) is 16.9 Å². The Morgan fingerprint density at radius 2 is 1.87 bits per heavy atom. The second kappa shape index (κ2) is 6.38. The average molecular weight is 325 g/mol. The summed E-state index contributed by atoms with van der Waals surface area (Å²) in [5.74, 6) is 0.241. The number of nitrogens with zero attached hydrogens (tertiary/aromatic N) is 2. The lowest BCUT2D eigenvalue weighted by Crippen LogP contribution is -2.31. The van der Waals surface area contributed by atoms with Crippen molar-refractivity contribution in [2.24, 2.45) is 10.8 Å². The van der Waals surface area contributed by atoms with Crippen molar-refractivity contribution in [3.8, 4) is 5.75 Å². The van der Waals surface area contributed by atoms with Gasteiger partial charge in [0.2, 0.25) is 0 Å². The monoisotopic (exact) mass is 325 g/mol. The number of aryl methyl sites for hydroxylation is 1. The van der Waals surface area contributed by atoms with Crippen LogP contribution in [0.3, 0.4) is 0 Å². The van der Waals surface area contributed by atoms with Gasteiger partial charge in [0.25, 0.3) is 0 Å². The molecule has 2 aromatic carbocycles. The van der Waals surface area contributed by atoms with E-state index in [1.54, 1.807) is 17.1 Å². The predicted molar refractivity (Wildman–Crippen MR) is 96.4 cm³/mol. The van der Waals surface area contributed by atoms with Gasteiger partial charge in [-0.3, -0.25) is 0 Å². The fraction of sp³-hybridized carbons (Fsp3) is 0.222. The van der Waals surface area contributed by atoms with Gasteiger partial charge in [0.15, 0.2) is 5.11 Å². The van der Waals surface area contributed by atoms with Gasteiger partial charge >= 0.3 is 0 Å². The molecular formula is C18H19N3OS. The lowest BCUT2D eigenvalue weighted by atomic mass is 9.97. The van der Waals surface area contributed by atoms with Gasteiger partial charge in [0.1, 0.15) is 5.75 Å². The van der Waals surface area contributed by atoms with Gasteiger partial charge in [-0.1, -0.05) is 31.2 Å². The average Bonchev–Trinajstić information content (AvgIpc) is 3.01. The molecule has 0 amide bonds. The lowest BCUT2D eigenvalue weighted by molar-refractivity contribution is 0.372. The van der Waals surface area contributed by atoms with Crippen LogP contribution in [0.1, 0.15) is 36.1 Å². The Morgan fingerprint density at radius 1 is 1.22 bits per heavy atom. The maximum Gasteiger partial charge on any atom is 0.187 e. The number of benzene rings is 2. The topological polar surface area (TPSA) is 61.9 Å². The molecule has 118 valence electrons. The summed E-state index contributed by atoms with van der Waals surface area (Å²) >= 11 is 5.16. The Labute approximate surface area is 141 Å². The van der Waals surface area contributed by atoms with Crippen molar-refractivity contribution in [1.82, 2.24) is 5.01 Å². The number of aromatic hydroxyl groups is 1. The number of phenols is 1. The molecule has 0 saturated heterocycles. The van der Waals surface area contributed by atoms with E-state index in [1.165, 1.54) is 5.56 Å². The maximum atomic E-state index is 9.43. The van der Waals surface area contributed by atoms with E-state index in [0.29, 0.717) is 0 Å². The summed E-state index contributed by atoms with van der Waals surface area (Å²) in [7, 11) is 0. The highest BCUT2D eigenvalue weighted by Gasteiger charge is 2.30. The van der Waals surface area contributed by atoms with Gasteiger partial charge in [0.05, 0.1) is 11.8 Å². The Kier molecular flexibility index (Phi) is 4.30.